The molecule has 1 aromatic rings. The van der Waals surface area contributed by atoms with Crippen LogP contribution >= 0.6 is 12.4 Å². The van der Waals surface area contributed by atoms with E-state index in [4.69, 9.17) is 10.3 Å². The summed E-state index contributed by atoms with van der Waals surface area (Å²) in [6, 6.07) is 0. The summed E-state index contributed by atoms with van der Waals surface area (Å²) >= 11 is 0. The Morgan fingerprint density at radius 3 is 2.77 bits per heavy atom. The molecule has 0 saturated carbocycles. The van der Waals surface area contributed by atoms with E-state index in [0.29, 0.717) is 5.76 Å². The molecule has 0 unspecified atom stereocenters. The lowest BCUT2D eigenvalue weighted by atomic mass is 10.1. The van der Waals surface area contributed by atoms with Crippen molar-refractivity contribution in [1.82, 2.24) is 10.4 Å². The van der Waals surface area contributed by atoms with Gasteiger partial charge in [-0.2, -0.15) is 0 Å². The number of carbonyl (C=O) groups is 1. The zero-order valence-electron chi connectivity index (χ0n) is 7.40. The minimum absolute atomic E-state index is 0. The SMILES string of the molecule is CC(C)c1ocnc1C(=O)NN.Cl. The molecular weight excluding hydrogens is 194 g/mol. The molecule has 0 spiro atoms. The Morgan fingerprint density at radius 1 is 1.69 bits per heavy atom. The topological polar surface area (TPSA) is 81.2 Å². The van der Waals surface area contributed by atoms with E-state index in [1.165, 1.54) is 6.39 Å². The quantitative estimate of drug-likeness (QED) is 0.426. The summed E-state index contributed by atoms with van der Waals surface area (Å²) in [4.78, 5) is 14.8. The second kappa shape index (κ2) is 4.84. The second-order valence-electron chi connectivity index (χ2n) is 2.69. The predicted octanol–water partition coefficient (Wildman–Crippen LogP) is 0.823. The molecule has 3 N–H and O–H groups in total. The molecule has 0 aliphatic carbocycles. The van der Waals surface area contributed by atoms with Crippen LogP contribution in [0, 0.1) is 0 Å². The normalized spacial score (nSPS) is 9.54. The lowest BCUT2D eigenvalue weighted by Gasteiger charge is -2.01. The van der Waals surface area contributed by atoms with E-state index >= 15 is 0 Å². The average Bonchev–Trinajstić information content (AvgIpc) is 2.50. The highest BCUT2D eigenvalue weighted by molar-refractivity contribution is 5.92. The third-order valence-electron chi connectivity index (χ3n) is 1.47. The van der Waals surface area contributed by atoms with Crippen molar-refractivity contribution >= 4 is 18.3 Å². The van der Waals surface area contributed by atoms with Gasteiger partial charge in [-0.3, -0.25) is 10.2 Å². The number of hydrogen-bond donors (Lipinski definition) is 2. The lowest BCUT2D eigenvalue weighted by Crippen LogP contribution is -2.31. The summed E-state index contributed by atoms with van der Waals surface area (Å²) in [5, 5.41) is 0. The highest BCUT2D eigenvalue weighted by atomic mass is 35.5. The highest BCUT2D eigenvalue weighted by Crippen LogP contribution is 2.17. The maximum Gasteiger partial charge on any atom is 0.287 e. The van der Waals surface area contributed by atoms with Gasteiger partial charge in [0.2, 0.25) is 0 Å². The zero-order chi connectivity index (χ0) is 9.14. The molecule has 0 aliphatic heterocycles. The van der Waals surface area contributed by atoms with Crippen molar-refractivity contribution in [1.29, 1.82) is 0 Å². The standard InChI is InChI=1S/C7H11N3O2.ClH/c1-4(2)6-5(7(11)10-8)9-3-12-6;/h3-4H,8H2,1-2H3,(H,10,11);1H. The Hall–Kier alpha value is -1.07. The maximum atomic E-state index is 11.0. The van der Waals surface area contributed by atoms with Crippen molar-refractivity contribution in [2.24, 2.45) is 5.84 Å². The van der Waals surface area contributed by atoms with Crippen LogP contribution in [0.3, 0.4) is 0 Å². The van der Waals surface area contributed by atoms with Crippen LogP contribution in [0.1, 0.15) is 36.0 Å². The Morgan fingerprint density at radius 2 is 2.31 bits per heavy atom. The number of nitrogens with zero attached hydrogens (tertiary/aromatic N) is 1. The van der Waals surface area contributed by atoms with Crippen LogP contribution in [0.15, 0.2) is 10.8 Å². The fourth-order valence-corrected chi connectivity index (χ4v) is 0.904. The summed E-state index contributed by atoms with van der Waals surface area (Å²) in [7, 11) is 0. The summed E-state index contributed by atoms with van der Waals surface area (Å²) in [6.07, 6.45) is 1.24. The number of carbonyl (C=O) groups excluding carboxylic acids is 1. The Kier molecular flexibility index (Phi) is 4.44. The first-order chi connectivity index (χ1) is 5.66. The van der Waals surface area contributed by atoms with Crippen molar-refractivity contribution in [3.05, 3.63) is 17.8 Å². The third kappa shape index (κ3) is 2.43. The van der Waals surface area contributed by atoms with Gasteiger partial charge in [-0.25, -0.2) is 10.8 Å². The number of halogens is 1. The van der Waals surface area contributed by atoms with E-state index in [9.17, 15) is 4.79 Å². The van der Waals surface area contributed by atoms with Gasteiger partial charge in [-0.15, -0.1) is 12.4 Å². The smallest absolute Gasteiger partial charge is 0.287 e. The largest absolute Gasteiger partial charge is 0.447 e. The summed E-state index contributed by atoms with van der Waals surface area (Å²) in [6.45, 7) is 3.82. The molecule has 74 valence electrons. The molecule has 1 aromatic heterocycles. The molecule has 1 heterocycles. The number of hydrogen-bond acceptors (Lipinski definition) is 4. The van der Waals surface area contributed by atoms with Crippen molar-refractivity contribution in [2.45, 2.75) is 19.8 Å². The number of rotatable bonds is 2. The van der Waals surface area contributed by atoms with E-state index in [-0.39, 0.29) is 24.0 Å². The van der Waals surface area contributed by atoms with Crippen LogP contribution in [0.25, 0.3) is 0 Å². The molecule has 0 atom stereocenters. The molecule has 13 heavy (non-hydrogen) atoms. The minimum Gasteiger partial charge on any atom is -0.447 e. The number of oxazole rings is 1. The van der Waals surface area contributed by atoms with Crippen molar-refractivity contribution < 1.29 is 9.21 Å². The first kappa shape index (κ1) is 11.9. The van der Waals surface area contributed by atoms with Gasteiger partial charge < -0.3 is 4.42 Å². The van der Waals surface area contributed by atoms with Gasteiger partial charge in [0.05, 0.1) is 0 Å². The van der Waals surface area contributed by atoms with Crippen LogP contribution in [0.5, 0.6) is 0 Å². The third-order valence-corrected chi connectivity index (χ3v) is 1.47. The van der Waals surface area contributed by atoms with Gasteiger partial charge in [0.25, 0.3) is 5.91 Å². The van der Waals surface area contributed by atoms with Crippen LogP contribution in [-0.4, -0.2) is 10.9 Å². The molecule has 0 aliphatic rings. The number of nitrogen functional groups attached to an aromatic ring is 1. The number of nitrogens with one attached hydrogen (secondary N) is 1. The maximum absolute atomic E-state index is 11.0. The molecule has 0 radical (unpaired) electrons. The summed E-state index contributed by atoms with van der Waals surface area (Å²) < 4.78 is 5.02. The fraction of sp³-hybridized carbons (Fsp3) is 0.429. The number of hydrazine groups is 1. The number of aromatic nitrogens is 1. The van der Waals surface area contributed by atoms with Gasteiger partial charge in [0.1, 0.15) is 5.76 Å². The van der Waals surface area contributed by atoms with E-state index in [2.05, 4.69) is 4.98 Å². The van der Waals surface area contributed by atoms with Crippen LogP contribution in [0.4, 0.5) is 0 Å². The number of amides is 1. The van der Waals surface area contributed by atoms with Crippen LogP contribution < -0.4 is 11.3 Å². The second-order valence-corrected chi connectivity index (χ2v) is 2.69. The van der Waals surface area contributed by atoms with Gasteiger partial charge in [0, 0.05) is 5.92 Å². The van der Waals surface area contributed by atoms with Crippen molar-refractivity contribution in [3.63, 3.8) is 0 Å². The van der Waals surface area contributed by atoms with E-state index in [1.54, 1.807) is 0 Å². The molecule has 5 nitrogen and oxygen atoms in total. The van der Waals surface area contributed by atoms with E-state index in [1.807, 2.05) is 19.3 Å². The van der Waals surface area contributed by atoms with Crippen LogP contribution in [-0.2, 0) is 0 Å². The summed E-state index contributed by atoms with van der Waals surface area (Å²) in [5.74, 6) is 5.21. The van der Waals surface area contributed by atoms with E-state index in [0.717, 1.165) is 0 Å². The molecule has 0 fully saturated rings. The fourth-order valence-electron chi connectivity index (χ4n) is 0.904. The zero-order valence-corrected chi connectivity index (χ0v) is 8.22. The first-order valence-corrected chi connectivity index (χ1v) is 3.61. The van der Waals surface area contributed by atoms with Gasteiger partial charge in [0.15, 0.2) is 12.1 Å². The first-order valence-electron chi connectivity index (χ1n) is 3.61. The van der Waals surface area contributed by atoms with Gasteiger partial charge in [-0.05, 0) is 0 Å². The predicted molar refractivity (Wildman–Crippen MR) is 49.5 cm³/mol. The summed E-state index contributed by atoms with van der Waals surface area (Å²) in [5.41, 5.74) is 2.26. The Labute approximate surface area is 82.1 Å². The molecule has 0 bridgehead atoms. The minimum atomic E-state index is -0.424. The van der Waals surface area contributed by atoms with Gasteiger partial charge in [-0.1, -0.05) is 13.8 Å². The van der Waals surface area contributed by atoms with Crippen molar-refractivity contribution in [2.75, 3.05) is 0 Å². The molecule has 1 amide bonds. The molecule has 0 saturated heterocycles. The molecular formula is C7H12ClN3O2. The van der Waals surface area contributed by atoms with Gasteiger partial charge >= 0.3 is 0 Å². The average molecular weight is 206 g/mol. The molecule has 1 rings (SSSR count). The lowest BCUT2D eigenvalue weighted by molar-refractivity contribution is 0.0947. The Bertz CT molecular complexity index is 285. The Balaban J connectivity index is 0.00000144. The van der Waals surface area contributed by atoms with E-state index < -0.39 is 5.91 Å². The monoisotopic (exact) mass is 205 g/mol. The van der Waals surface area contributed by atoms with Crippen LogP contribution in [0.2, 0.25) is 0 Å². The van der Waals surface area contributed by atoms with Crippen molar-refractivity contribution in [3.8, 4) is 0 Å². The molecule has 0 aromatic carbocycles. The molecule has 6 heteroatoms. The highest BCUT2D eigenvalue weighted by Gasteiger charge is 2.17. The number of nitrogens with two attached hydrogens (primary N) is 1.